The molecule has 0 radical (unpaired) electrons. The van der Waals surface area contributed by atoms with Gasteiger partial charge in [0.2, 0.25) is 0 Å². The number of imidazole rings is 1. The second-order valence-electron chi connectivity index (χ2n) is 8.84. The number of ketones is 1. The first-order chi connectivity index (χ1) is 14.0. The monoisotopic (exact) mass is 412 g/mol. The Morgan fingerprint density at radius 2 is 1.77 bits per heavy atom. The van der Waals surface area contributed by atoms with Gasteiger partial charge in [-0.3, -0.25) is 14.2 Å². The Hall–Kier alpha value is -3.16. The van der Waals surface area contributed by atoms with E-state index in [2.05, 4.69) is 4.98 Å². The summed E-state index contributed by atoms with van der Waals surface area (Å²) < 4.78 is 9.37. The highest BCUT2D eigenvalue weighted by atomic mass is 16.5. The Kier molecular flexibility index (Phi) is 5.70. The molecule has 1 aromatic carbocycles. The number of nitrogens with zero attached hydrogens (tertiary/aromatic N) is 4. The van der Waals surface area contributed by atoms with E-state index < -0.39 is 16.7 Å². The number of aromatic nitrogens is 4. The molecule has 0 N–H and O–H groups in total. The van der Waals surface area contributed by atoms with Crippen molar-refractivity contribution in [3.05, 3.63) is 51.4 Å². The highest BCUT2D eigenvalue weighted by Crippen LogP contribution is 2.19. The molecule has 3 aromatic rings. The van der Waals surface area contributed by atoms with E-state index in [4.69, 9.17) is 4.74 Å². The average Bonchev–Trinajstić information content (AvgIpc) is 3.08. The minimum atomic E-state index is -0.558. The first-order valence-electron chi connectivity index (χ1n) is 9.93. The number of hydrogen-bond acceptors (Lipinski definition) is 5. The molecule has 0 saturated carbocycles. The van der Waals surface area contributed by atoms with Crippen LogP contribution in [0.1, 0.15) is 34.6 Å². The van der Waals surface area contributed by atoms with E-state index in [9.17, 15) is 14.4 Å². The van der Waals surface area contributed by atoms with Gasteiger partial charge in [0.25, 0.3) is 5.56 Å². The Morgan fingerprint density at radius 1 is 1.13 bits per heavy atom. The fourth-order valence-electron chi connectivity index (χ4n) is 3.18. The topological polar surface area (TPSA) is 88.1 Å². The van der Waals surface area contributed by atoms with E-state index in [1.165, 1.54) is 15.5 Å². The van der Waals surface area contributed by atoms with Crippen LogP contribution in [0.5, 0.6) is 5.75 Å². The molecule has 8 heteroatoms. The Balaban J connectivity index is 2.31. The van der Waals surface area contributed by atoms with Crippen LogP contribution in [0.3, 0.4) is 0 Å². The first kappa shape index (κ1) is 21.5. The Bertz CT molecular complexity index is 1190. The third-order valence-electron chi connectivity index (χ3n) is 4.93. The van der Waals surface area contributed by atoms with E-state index in [-0.39, 0.29) is 36.0 Å². The first-order valence-corrected chi connectivity index (χ1v) is 9.93. The second kappa shape index (κ2) is 7.93. The lowest BCUT2D eigenvalue weighted by atomic mass is 9.91. The molecule has 3 rings (SSSR count). The van der Waals surface area contributed by atoms with Crippen molar-refractivity contribution in [2.75, 3.05) is 7.11 Å². The van der Waals surface area contributed by atoms with E-state index in [1.807, 2.05) is 34.6 Å². The predicted molar refractivity (Wildman–Crippen MR) is 115 cm³/mol. The number of fused-ring (bicyclic) bond motifs is 1. The molecule has 0 fully saturated rings. The summed E-state index contributed by atoms with van der Waals surface area (Å²) in [7, 11) is 1.57. The normalized spacial score (nSPS) is 12.0. The van der Waals surface area contributed by atoms with Crippen LogP contribution in [0, 0.1) is 11.3 Å². The number of Topliss-reactive ketones (excluding diaryl/α,β-unsaturated/α-hetero) is 1. The number of carbonyl (C=O) groups is 1. The van der Waals surface area contributed by atoms with Crippen molar-refractivity contribution in [2.24, 2.45) is 11.3 Å². The van der Waals surface area contributed by atoms with Crippen LogP contribution >= 0.6 is 0 Å². The molecule has 0 spiro atoms. The highest BCUT2D eigenvalue weighted by molar-refractivity contribution is 5.85. The molecule has 0 aliphatic heterocycles. The van der Waals surface area contributed by atoms with Gasteiger partial charge in [0, 0.05) is 12.0 Å². The second-order valence-corrected chi connectivity index (χ2v) is 8.84. The molecule has 0 aliphatic carbocycles. The smallest absolute Gasteiger partial charge is 0.337 e. The van der Waals surface area contributed by atoms with E-state index in [0.29, 0.717) is 11.4 Å². The summed E-state index contributed by atoms with van der Waals surface area (Å²) in [6.45, 7) is 9.65. The van der Waals surface area contributed by atoms with Crippen molar-refractivity contribution in [3.8, 4) is 11.4 Å². The van der Waals surface area contributed by atoms with Gasteiger partial charge in [0.05, 0.1) is 25.7 Å². The van der Waals surface area contributed by atoms with Crippen LogP contribution < -0.4 is 16.0 Å². The van der Waals surface area contributed by atoms with Gasteiger partial charge in [-0.25, -0.2) is 14.3 Å². The minimum absolute atomic E-state index is 0.0116. The number of rotatable bonds is 6. The molecule has 2 heterocycles. The lowest BCUT2D eigenvalue weighted by Crippen LogP contribution is -2.41. The zero-order valence-corrected chi connectivity index (χ0v) is 18.3. The van der Waals surface area contributed by atoms with Gasteiger partial charge in [-0.2, -0.15) is 0 Å². The van der Waals surface area contributed by atoms with Gasteiger partial charge in [-0.15, -0.1) is 0 Å². The molecule has 0 unspecified atom stereocenters. The van der Waals surface area contributed by atoms with Crippen LogP contribution in [0.15, 0.2) is 40.2 Å². The molecule has 0 atom stereocenters. The van der Waals surface area contributed by atoms with Gasteiger partial charge >= 0.3 is 5.69 Å². The number of ether oxygens (including phenoxy) is 1. The largest absolute Gasteiger partial charge is 0.497 e. The van der Waals surface area contributed by atoms with Crippen molar-refractivity contribution < 1.29 is 9.53 Å². The summed E-state index contributed by atoms with van der Waals surface area (Å²) in [5.41, 5.74) is -0.416. The molecule has 2 aromatic heterocycles. The number of hydrogen-bond donors (Lipinski definition) is 0. The standard InChI is InChI=1S/C22H28N4O4/c1-14(2)11-25-20(28)18-19(23-13-24(18)12-17(27)22(3,4)5)26(21(25)29)15-7-9-16(30-6)10-8-15/h7-10,13-14H,11-12H2,1-6H3. The molecule has 30 heavy (non-hydrogen) atoms. The van der Waals surface area contributed by atoms with Gasteiger partial charge in [0.1, 0.15) is 5.75 Å². The molecular weight excluding hydrogens is 384 g/mol. The number of carbonyl (C=O) groups excluding carboxylic acids is 1. The quantitative estimate of drug-likeness (QED) is 0.621. The van der Waals surface area contributed by atoms with E-state index >= 15 is 0 Å². The molecule has 0 aliphatic rings. The van der Waals surface area contributed by atoms with Gasteiger partial charge in [-0.05, 0) is 30.2 Å². The van der Waals surface area contributed by atoms with Crippen molar-refractivity contribution in [3.63, 3.8) is 0 Å². The van der Waals surface area contributed by atoms with Crippen LogP contribution in [-0.2, 0) is 17.9 Å². The van der Waals surface area contributed by atoms with Crippen molar-refractivity contribution in [1.82, 2.24) is 18.7 Å². The maximum absolute atomic E-state index is 13.3. The third kappa shape index (κ3) is 3.94. The third-order valence-corrected chi connectivity index (χ3v) is 4.93. The lowest BCUT2D eigenvalue weighted by Gasteiger charge is -2.17. The summed E-state index contributed by atoms with van der Waals surface area (Å²) >= 11 is 0. The molecule has 160 valence electrons. The number of benzene rings is 1. The zero-order valence-electron chi connectivity index (χ0n) is 18.3. The van der Waals surface area contributed by atoms with Crippen molar-refractivity contribution in [1.29, 1.82) is 0 Å². The Labute approximate surface area is 174 Å². The van der Waals surface area contributed by atoms with Crippen molar-refractivity contribution in [2.45, 2.75) is 47.7 Å². The van der Waals surface area contributed by atoms with Gasteiger partial charge in [0.15, 0.2) is 16.9 Å². The predicted octanol–water partition coefficient (Wildman–Crippen LogP) is 2.63. The number of methoxy groups -OCH3 is 1. The average molecular weight is 412 g/mol. The molecular formula is C22H28N4O4. The zero-order chi connectivity index (χ0) is 22.2. The molecule has 0 amide bonds. The highest BCUT2D eigenvalue weighted by Gasteiger charge is 2.25. The lowest BCUT2D eigenvalue weighted by molar-refractivity contribution is -0.126. The summed E-state index contributed by atoms with van der Waals surface area (Å²) in [4.78, 5) is 43.4. The van der Waals surface area contributed by atoms with Crippen LogP contribution in [-0.4, -0.2) is 31.6 Å². The summed E-state index contributed by atoms with van der Waals surface area (Å²) in [6, 6.07) is 6.96. The summed E-state index contributed by atoms with van der Waals surface area (Å²) in [6.07, 6.45) is 1.45. The maximum atomic E-state index is 13.3. The maximum Gasteiger partial charge on any atom is 0.337 e. The molecule has 0 bridgehead atoms. The van der Waals surface area contributed by atoms with Crippen molar-refractivity contribution >= 4 is 16.9 Å². The van der Waals surface area contributed by atoms with Crippen LogP contribution in [0.2, 0.25) is 0 Å². The van der Waals surface area contributed by atoms with Gasteiger partial charge in [-0.1, -0.05) is 34.6 Å². The minimum Gasteiger partial charge on any atom is -0.497 e. The molecule has 8 nitrogen and oxygen atoms in total. The van der Waals surface area contributed by atoms with Crippen LogP contribution in [0.4, 0.5) is 0 Å². The van der Waals surface area contributed by atoms with E-state index in [1.54, 1.807) is 35.9 Å². The SMILES string of the molecule is COc1ccc(-n2c(=O)n(CC(C)C)c(=O)c3c2ncn3CC(=O)C(C)(C)C)cc1. The fraction of sp³-hybridized carbons (Fsp3) is 0.455. The van der Waals surface area contributed by atoms with Crippen LogP contribution in [0.25, 0.3) is 16.9 Å². The van der Waals surface area contributed by atoms with Gasteiger partial charge < -0.3 is 9.30 Å². The van der Waals surface area contributed by atoms with E-state index in [0.717, 1.165) is 0 Å². The summed E-state index contributed by atoms with van der Waals surface area (Å²) in [5, 5.41) is 0. The summed E-state index contributed by atoms with van der Waals surface area (Å²) in [5.74, 6) is 0.711. The fourth-order valence-corrected chi connectivity index (χ4v) is 3.18. The Morgan fingerprint density at radius 3 is 2.30 bits per heavy atom. The molecule has 0 saturated heterocycles.